The summed E-state index contributed by atoms with van der Waals surface area (Å²) in [6.07, 6.45) is 0. The standard InChI is InChI=1S/C39H82NO16/c1-5-40(6-2,7-3)8-9-42-12-13-44-16-17-46-20-21-48-24-25-50-28-29-52-32-33-54-36-37-56-39-38-55-35-34-53-31-30-51-27-26-49-23-22-47-19-18-45-15-14-43-11-10-41-4/h5-39H2,1-4H3/q+1. The molecule has 0 spiro atoms. The Morgan fingerprint density at radius 2 is 0.357 bits per heavy atom. The molecule has 0 amide bonds. The van der Waals surface area contributed by atoms with Crippen molar-refractivity contribution in [3.8, 4) is 0 Å². The van der Waals surface area contributed by atoms with Crippen LogP contribution in [0.15, 0.2) is 0 Å². The highest BCUT2D eigenvalue weighted by Crippen LogP contribution is 2.05. The second-order valence-corrected chi connectivity index (χ2v) is 12.2. The van der Waals surface area contributed by atoms with Gasteiger partial charge in [-0.3, -0.25) is 0 Å². The van der Waals surface area contributed by atoms with Gasteiger partial charge in [0.2, 0.25) is 0 Å². The van der Waals surface area contributed by atoms with Crippen molar-refractivity contribution < 1.29 is 80.3 Å². The number of quaternary nitrogens is 1. The summed E-state index contributed by atoms with van der Waals surface area (Å²) in [6, 6.07) is 0. The van der Waals surface area contributed by atoms with Crippen LogP contribution in [0.5, 0.6) is 0 Å². The molecule has 0 bridgehead atoms. The summed E-state index contributed by atoms with van der Waals surface area (Å²) in [5.74, 6) is 0. The maximum Gasteiger partial charge on any atom is 0.102 e. The zero-order valence-corrected chi connectivity index (χ0v) is 35.7. The van der Waals surface area contributed by atoms with E-state index in [9.17, 15) is 0 Å². The average Bonchev–Trinajstić information content (AvgIpc) is 3.22. The van der Waals surface area contributed by atoms with E-state index in [1.807, 2.05) is 0 Å². The summed E-state index contributed by atoms with van der Waals surface area (Å²) >= 11 is 0. The van der Waals surface area contributed by atoms with Gasteiger partial charge < -0.3 is 80.3 Å². The van der Waals surface area contributed by atoms with E-state index in [0.29, 0.717) is 198 Å². The molecular weight excluding hydrogens is 738 g/mol. The van der Waals surface area contributed by atoms with Crippen LogP contribution in [0.3, 0.4) is 0 Å². The lowest BCUT2D eigenvalue weighted by Crippen LogP contribution is -2.49. The van der Waals surface area contributed by atoms with Crippen LogP contribution >= 0.6 is 0 Å². The third-order valence-electron chi connectivity index (χ3n) is 8.36. The van der Waals surface area contributed by atoms with Crippen LogP contribution in [0.4, 0.5) is 0 Å². The SMILES string of the molecule is CC[N+](CC)(CC)CCOCCOCCOCCOCCOCCOCCOCCOCCOCCOCCOCCOCCOCCOCCOCCOC. The molecule has 0 aliphatic carbocycles. The summed E-state index contributed by atoms with van der Waals surface area (Å²) in [7, 11) is 1.65. The lowest BCUT2D eigenvalue weighted by Gasteiger charge is -2.35. The molecule has 0 aliphatic rings. The number of ether oxygens (including phenoxy) is 16. The van der Waals surface area contributed by atoms with E-state index in [1.54, 1.807) is 7.11 Å². The molecule has 0 N–H and O–H groups in total. The molecule has 0 heterocycles. The second kappa shape index (κ2) is 48.7. The van der Waals surface area contributed by atoms with Crippen LogP contribution in [-0.2, 0) is 75.8 Å². The smallest absolute Gasteiger partial charge is 0.102 e. The van der Waals surface area contributed by atoms with Gasteiger partial charge in [-0.15, -0.1) is 0 Å². The number of methoxy groups -OCH3 is 1. The summed E-state index contributed by atoms with van der Waals surface area (Å²) in [6.45, 7) is 27.9. The normalized spacial score (nSPS) is 12.0. The third-order valence-corrected chi connectivity index (χ3v) is 8.36. The zero-order valence-electron chi connectivity index (χ0n) is 35.7. The molecule has 0 aromatic carbocycles. The number of likely N-dealkylation sites (N-methyl/N-ethyl adjacent to an activating group) is 1. The maximum absolute atomic E-state index is 5.73. The highest BCUT2D eigenvalue weighted by atomic mass is 16.6. The van der Waals surface area contributed by atoms with Gasteiger partial charge in [0, 0.05) is 7.11 Å². The third kappa shape index (κ3) is 42.9. The molecule has 56 heavy (non-hydrogen) atoms. The maximum atomic E-state index is 5.73. The van der Waals surface area contributed by atoms with Gasteiger partial charge in [-0.05, 0) is 20.8 Å². The summed E-state index contributed by atoms with van der Waals surface area (Å²) in [5.41, 5.74) is 0. The van der Waals surface area contributed by atoms with Gasteiger partial charge in [0.1, 0.15) is 6.54 Å². The lowest BCUT2D eigenvalue weighted by atomic mass is 10.3. The fraction of sp³-hybridized carbons (Fsp3) is 1.00. The fourth-order valence-electron chi connectivity index (χ4n) is 4.73. The van der Waals surface area contributed by atoms with Gasteiger partial charge in [0.15, 0.2) is 0 Å². The molecule has 0 saturated heterocycles. The highest BCUT2D eigenvalue weighted by Gasteiger charge is 2.19. The zero-order chi connectivity index (χ0) is 40.6. The van der Waals surface area contributed by atoms with Crippen molar-refractivity contribution in [3.05, 3.63) is 0 Å². The van der Waals surface area contributed by atoms with Crippen LogP contribution in [0, 0.1) is 0 Å². The van der Waals surface area contributed by atoms with Gasteiger partial charge in [0.05, 0.1) is 224 Å². The fourth-order valence-corrected chi connectivity index (χ4v) is 4.73. The van der Waals surface area contributed by atoms with Crippen LogP contribution < -0.4 is 0 Å². The molecule has 0 radical (unpaired) electrons. The average molecular weight is 821 g/mol. The molecule has 0 aromatic rings. The summed E-state index contributed by atoms with van der Waals surface area (Å²) in [5, 5.41) is 0. The van der Waals surface area contributed by atoms with Crippen molar-refractivity contribution in [1.82, 2.24) is 0 Å². The first-order valence-electron chi connectivity index (χ1n) is 20.7. The van der Waals surface area contributed by atoms with Crippen molar-refractivity contribution in [2.45, 2.75) is 20.8 Å². The van der Waals surface area contributed by atoms with Gasteiger partial charge in [-0.25, -0.2) is 0 Å². The van der Waals surface area contributed by atoms with Crippen molar-refractivity contribution in [3.63, 3.8) is 0 Å². The quantitative estimate of drug-likeness (QED) is 0.0648. The van der Waals surface area contributed by atoms with Crippen molar-refractivity contribution >= 4 is 0 Å². The Morgan fingerprint density at radius 3 is 0.500 bits per heavy atom. The number of hydrogen-bond acceptors (Lipinski definition) is 16. The summed E-state index contributed by atoms with van der Waals surface area (Å²) in [4.78, 5) is 0. The van der Waals surface area contributed by atoms with Gasteiger partial charge in [-0.1, -0.05) is 0 Å². The molecule has 0 atom stereocenters. The Hall–Kier alpha value is -0.680. The van der Waals surface area contributed by atoms with Crippen LogP contribution in [0.1, 0.15) is 20.8 Å². The Bertz CT molecular complexity index is 706. The molecule has 0 aromatic heterocycles. The van der Waals surface area contributed by atoms with E-state index >= 15 is 0 Å². The van der Waals surface area contributed by atoms with Gasteiger partial charge >= 0.3 is 0 Å². The van der Waals surface area contributed by atoms with Crippen LogP contribution in [0.2, 0.25) is 0 Å². The number of rotatable bonds is 51. The van der Waals surface area contributed by atoms with E-state index < -0.39 is 0 Å². The Labute approximate surface area is 338 Å². The molecular formula is C39H82NO16+. The van der Waals surface area contributed by atoms with Crippen LogP contribution in [0.25, 0.3) is 0 Å². The molecule has 0 fully saturated rings. The van der Waals surface area contributed by atoms with E-state index in [0.717, 1.165) is 37.3 Å². The number of nitrogens with zero attached hydrogens (tertiary/aromatic N) is 1. The van der Waals surface area contributed by atoms with Gasteiger partial charge in [0.25, 0.3) is 0 Å². The monoisotopic (exact) mass is 821 g/mol. The first-order chi connectivity index (χ1) is 27.7. The predicted molar refractivity (Wildman–Crippen MR) is 211 cm³/mol. The van der Waals surface area contributed by atoms with E-state index in [2.05, 4.69) is 20.8 Å². The van der Waals surface area contributed by atoms with Crippen molar-refractivity contribution in [1.29, 1.82) is 0 Å². The Balaban J connectivity index is 3.11. The number of hydrogen-bond donors (Lipinski definition) is 0. The van der Waals surface area contributed by atoms with E-state index in [4.69, 9.17) is 75.8 Å². The molecule has 338 valence electrons. The first-order valence-corrected chi connectivity index (χ1v) is 20.7. The largest absolute Gasteiger partial charge is 0.382 e. The minimum atomic E-state index is 0.504. The van der Waals surface area contributed by atoms with Crippen molar-refractivity contribution in [2.75, 3.05) is 238 Å². The first kappa shape index (κ1) is 55.3. The van der Waals surface area contributed by atoms with Gasteiger partial charge in [-0.2, -0.15) is 0 Å². The topological polar surface area (TPSA) is 148 Å². The molecule has 0 rings (SSSR count). The molecule has 0 saturated carbocycles. The minimum Gasteiger partial charge on any atom is -0.382 e. The molecule has 0 unspecified atom stereocenters. The molecule has 17 nitrogen and oxygen atoms in total. The minimum absolute atomic E-state index is 0.504. The molecule has 0 aliphatic heterocycles. The lowest BCUT2D eigenvalue weighted by molar-refractivity contribution is -0.923. The predicted octanol–water partition coefficient (Wildman–Crippen LogP) is 1.76. The Kier molecular flexibility index (Phi) is 48.1. The van der Waals surface area contributed by atoms with Crippen LogP contribution in [-0.4, -0.2) is 243 Å². The second-order valence-electron chi connectivity index (χ2n) is 12.2. The van der Waals surface area contributed by atoms with E-state index in [-0.39, 0.29) is 0 Å². The highest BCUT2D eigenvalue weighted by molar-refractivity contribution is 4.42. The summed E-state index contributed by atoms with van der Waals surface area (Å²) < 4.78 is 88.5. The Morgan fingerprint density at radius 1 is 0.214 bits per heavy atom. The van der Waals surface area contributed by atoms with Crippen molar-refractivity contribution in [2.24, 2.45) is 0 Å². The van der Waals surface area contributed by atoms with E-state index in [1.165, 1.54) is 0 Å². The molecule has 17 heteroatoms.